The Hall–Kier alpha value is -0.710. The van der Waals surface area contributed by atoms with E-state index < -0.39 is 10.4 Å². The van der Waals surface area contributed by atoms with Gasteiger partial charge in [0.05, 0.1) is 0 Å². The van der Waals surface area contributed by atoms with E-state index in [9.17, 15) is 8.42 Å². The quantitative estimate of drug-likeness (QED) is 0.528. The van der Waals surface area contributed by atoms with Gasteiger partial charge in [0.15, 0.2) is 5.76 Å². The number of hydrogen-bond acceptors (Lipinski definition) is 4. The molecule has 0 bridgehead atoms. The summed E-state index contributed by atoms with van der Waals surface area (Å²) < 4.78 is 30.7. The highest BCUT2D eigenvalue weighted by atomic mass is 32.3. The first kappa shape index (κ1) is 16.3. The zero-order chi connectivity index (χ0) is 14.0. The van der Waals surface area contributed by atoms with Gasteiger partial charge >= 0.3 is 10.4 Å². The molecule has 112 valence electrons. The van der Waals surface area contributed by atoms with Gasteiger partial charge in [0.25, 0.3) is 0 Å². The Balaban J connectivity index is 1.84. The average Bonchev–Trinajstić information content (AvgIpc) is 2.71. The molecule has 0 radical (unpaired) electrons. The van der Waals surface area contributed by atoms with Gasteiger partial charge in [0.1, 0.15) is 6.26 Å². The smallest absolute Gasteiger partial charge is 0.357 e. The molecule has 1 heterocycles. The second-order valence-corrected chi connectivity index (χ2v) is 6.28. The van der Waals surface area contributed by atoms with Gasteiger partial charge in [-0.15, -0.1) is 8.42 Å². The van der Waals surface area contributed by atoms with Crippen molar-refractivity contribution in [2.45, 2.75) is 77.6 Å². The maximum atomic E-state index is 10.8. The maximum absolute atomic E-state index is 10.8. The topological polar surface area (TPSA) is 52.6 Å². The maximum Gasteiger partial charge on any atom is 0.500 e. The van der Waals surface area contributed by atoms with Crippen LogP contribution >= 0.6 is 0 Å². The largest absolute Gasteiger partial charge is 0.500 e. The van der Waals surface area contributed by atoms with Gasteiger partial charge in [-0.3, -0.25) is 0 Å². The lowest BCUT2D eigenvalue weighted by atomic mass is 10.1. The van der Waals surface area contributed by atoms with Crippen molar-refractivity contribution in [1.29, 1.82) is 0 Å². The summed E-state index contributed by atoms with van der Waals surface area (Å²) in [5, 5.41) is 0. The van der Waals surface area contributed by atoms with Crippen molar-refractivity contribution in [3.8, 4) is 0 Å². The first-order valence-corrected chi connectivity index (χ1v) is 8.79. The Labute approximate surface area is 117 Å². The van der Waals surface area contributed by atoms with Crippen molar-refractivity contribution >= 4 is 10.4 Å². The highest BCUT2D eigenvalue weighted by Crippen LogP contribution is 2.21. The minimum atomic E-state index is -3.75. The van der Waals surface area contributed by atoms with Gasteiger partial charge < -0.3 is 8.37 Å². The fraction of sp³-hybridized carbons (Fsp3) is 0.857. The van der Waals surface area contributed by atoms with Gasteiger partial charge in [0.2, 0.25) is 0 Å². The minimum absolute atomic E-state index is 0.430. The lowest BCUT2D eigenvalue weighted by Gasteiger charge is -2.02. The summed E-state index contributed by atoms with van der Waals surface area (Å²) in [6.07, 6.45) is 14.5. The molecule has 0 saturated heterocycles. The van der Waals surface area contributed by atoms with Gasteiger partial charge in [-0.1, -0.05) is 64.7 Å². The average molecular weight is 290 g/mol. The van der Waals surface area contributed by atoms with Crippen LogP contribution in [0.2, 0.25) is 0 Å². The van der Waals surface area contributed by atoms with Crippen molar-refractivity contribution in [1.82, 2.24) is 0 Å². The molecule has 1 aliphatic rings. The monoisotopic (exact) mass is 290 g/mol. The number of allylic oxidation sites excluding steroid dienone is 1. The van der Waals surface area contributed by atoms with E-state index in [1.54, 1.807) is 0 Å². The van der Waals surface area contributed by atoms with Crippen LogP contribution in [0, 0.1) is 0 Å². The highest BCUT2D eigenvalue weighted by Gasteiger charge is 2.22. The van der Waals surface area contributed by atoms with Crippen molar-refractivity contribution in [2.24, 2.45) is 0 Å². The SMILES string of the molecule is CCCCCCCCCCCCC1=COS(=O)(=O)O1. The van der Waals surface area contributed by atoms with E-state index in [0.717, 1.165) is 12.8 Å². The Morgan fingerprint density at radius 2 is 1.42 bits per heavy atom. The van der Waals surface area contributed by atoms with Crippen LogP contribution in [-0.2, 0) is 18.8 Å². The van der Waals surface area contributed by atoms with Gasteiger partial charge in [-0.2, -0.15) is 0 Å². The van der Waals surface area contributed by atoms with Gasteiger partial charge in [-0.05, 0) is 6.42 Å². The highest BCUT2D eigenvalue weighted by molar-refractivity contribution is 7.82. The fourth-order valence-corrected chi connectivity index (χ4v) is 2.82. The summed E-state index contributed by atoms with van der Waals surface area (Å²) in [4.78, 5) is 0. The molecule has 0 spiro atoms. The Kier molecular flexibility index (Phi) is 7.94. The van der Waals surface area contributed by atoms with E-state index in [4.69, 9.17) is 0 Å². The molecule has 0 aliphatic carbocycles. The van der Waals surface area contributed by atoms with Crippen molar-refractivity contribution in [3.05, 3.63) is 12.0 Å². The predicted octanol–water partition coefficient (Wildman–Crippen LogP) is 4.43. The molecule has 4 nitrogen and oxygen atoms in total. The molecule has 0 aromatic rings. The molecule has 0 fully saturated rings. The molecule has 1 rings (SSSR count). The van der Waals surface area contributed by atoms with Crippen LogP contribution < -0.4 is 0 Å². The van der Waals surface area contributed by atoms with Gasteiger partial charge in [-0.25, -0.2) is 0 Å². The van der Waals surface area contributed by atoms with E-state index in [1.165, 1.54) is 57.6 Å². The van der Waals surface area contributed by atoms with E-state index in [2.05, 4.69) is 15.3 Å². The van der Waals surface area contributed by atoms with Crippen molar-refractivity contribution in [3.63, 3.8) is 0 Å². The number of rotatable bonds is 11. The zero-order valence-electron chi connectivity index (χ0n) is 11.9. The molecule has 0 saturated carbocycles. The molecule has 0 aromatic carbocycles. The summed E-state index contributed by atoms with van der Waals surface area (Å²) in [5.74, 6) is 0.430. The van der Waals surface area contributed by atoms with Crippen molar-refractivity contribution in [2.75, 3.05) is 0 Å². The molecule has 0 aromatic heterocycles. The van der Waals surface area contributed by atoms with E-state index >= 15 is 0 Å². The normalized spacial score (nSPS) is 16.8. The molecule has 0 unspecified atom stereocenters. The summed E-state index contributed by atoms with van der Waals surface area (Å²) in [7, 11) is -3.75. The summed E-state index contributed by atoms with van der Waals surface area (Å²) in [5.41, 5.74) is 0. The number of hydrogen-bond donors (Lipinski definition) is 0. The number of unbranched alkanes of at least 4 members (excludes halogenated alkanes) is 9. The van der Waals surface area contributed by atoms with Crippen LogP contribution in [0.25, 0.3) is 0 Å². The van der Waals surface area contributed by atoms with Crippen molar-refractivity contribution < 1.29 is 16.8 Å². The van der Waals surface area contributed by atoms with Crippen LogP contribution in [0.4, 0.5) is 0 Å². The molecule has 0 amide bonds. The minimum Gasteiger partial charge on any atom is -0.357 e. The molecular weight excluding hydrogens is 264 g/mol. The van der Waals surface area contributed by atoms with Crippen LogP contribution in [0.1, 0.15) is 77.6 Å². The van der Waals surface area contributed by atoms with Crippen LogP contribution in [0.5, 0.6) is 0 Å². The van der Waals surface area contributed by atoms with E-state index in [1.807, 2.05) is 0 Å². The van der Waals surface area contributed by atoms with E-state index in [-0.39, 0.29) is 0 Å². The lowest BCUT2D eigenvalue weighted by Crippen LogP contribution is -1.98. The lowest BCUT2D eigenvalue weighted by molar-refractivity contribution is 0.358. The first-order valence-electron chi connectivity index (χ1n) is 7.46. The summed E-state index contributed by atoms with van der Waals surface area (Å²) in [6, 6.07) is 0. The molecule has 5 heteroatoms. The second kappa shape index (κ2) is 9.23. The molecular formula is C14H26O4S. The first-order chi connectivity index (χ1) is 9.14. The third-order valence-electron chi connectivity index (χ3n) is 3.28. The van der Waals surface area contributed by atoms with Crippen LogP contribution in [0.3, 0.4) is 0 Å². The third kappa shape index (κ3) is 8.14. The molecule has 0 atom stereocenters. The predicted molar refractivity (Wildman–Crippen MR) is 75.6 cm³/mol. The third-order valence-corrected chi connectivity index (χ3v) is 4.03. The van der Waals surface area contributed by atoms with Crippen LogP contribution in [0.15, 0.2) is 12.0 Å². The summed E-state index contributed by atoms with van der Waals surface area (Å²) in [6.45, 7) is 2.24. The second-order valence-electron chi connectivity index (χ2n) is 5.10. The summed E-state index contributed by atoms with van der Waals surface area (Å²) >= 11 is 0. The van der Waals surface area contributed by atoms with E-state index in [0.29, 0.717) is 12.2 Å². The van der Waals surface area contributed by atoms with Gasteiger partial charge in [0, 0.05) is 6.42 Å². The fourth-order valence-electron chi connectivity index (χ4n) is 2.17. The zero-order valence-corrected chi connectivity index (χ0v) is 12.7. The molecule has 1 aliphatic heterocycles. The molecule has 19 heavy (non-hydrogen) atoms. The Morgan fingerprint density at radius 1 is 0.895 bits per heavy atom. The Morgan fingerprint density at radius 3 is 1.89 bits per heavy atom. The Bertz CT molecular complexity index is 360. The molecule has 0 N–H and O–H groups in total. The van der Waals surface area contributed by atoms with Crippen LogP contribution in [-0.4, -0.2) is 8.42 Å². The standard InChI is InChI=1S/C14H26O4S/c1-2-3-4-5-6-7-8-9-10-11-12-14-13-17-19(15,16)18-14/h13H,2-12H2,1H3.